The Morgan fingerprint density at radius 1 is 0.797 bits per heavy atom. The molecule has 1 unspecified atom stereocenters. The molecule has 0 aliphatic carbocycles. The van der Waals surface area contributed by atoms with Crippen LogP contribution in [0.2, 0.25) is 5.02 Å². The molecule has 6 aromatic rings. The Labute approximate surface area is 516 Å². The zero-order valence-electron chi connectivity index (χ0n) is 45.2. The number of phenolic OH excluding ortho intramolecular Hbond substituents is 1. The second kappa shape index (κ2) is 29.8. The predicted octanol–water partition coefficient (Wildman–Crippen LogP) is 5.12. The van der Waals surface area contributed by atoms with Crippen molar-refractivity contribution < 1.29 is 125 Å². The predicted molar refractivity (Wildman–Crippen MR) is 293 cm³/mol. The molecule has 0 spiro atoms. The van der Waals surface area contributed by atoms with E-state index in [9.17, 15) is 42.5 Å². The average molecular weight is 1180 g/mol. The van der Waals surface area contributed by atoms with E-state index in [1.807, 2.05) is 12.1 Å². The first-order valence-corrected chi connectivity index (χ1v) is 27.4. The van der Waals surface area contributed by atoms with Gasteiger partial charge in [0, 0.05) is 34.9 Å². The molecular weight excluding hydrogens is 1120 g/mol. The van der Waals surface area contributed by atoms with Crippen LogP contribution < -0.4 is 94.5 Å². The number of carbonyl (C=O) groups is 4. The van der Waals surface area contributed by atoms with Gasteiger partial charge >= 0.3 is 59.1 Å². The summed E-state index contributed by atoms with van der Waals surface area (Å²) in [5, 5.41) is 40.5. The Morgan fingerprint density at radius 2 is 1.47 bits per heavy atom. The minimum absolute atomic E-state index is 0. The Bertz CT molecular complexity index is 3300. The summed E-state index contributed by atoms with van der Waals surface area (Å²) in [7, 11) is -3.53. The molecule has 6 aromatic carbocycles. The molecule has 0 aliphatic heterocycles. The van der Waals surface area contributed by atoms with Crippen molar-refractivity contribution in [2.75, 3.05) is 42.0 Å². The molecule has 4 N–H and O–H groups in total. The number of amides is 3. The van der Waals surface area contributed by atoms with Crippen molar-refractivity contribution in [1.29, 1.82) is 0 Å². The molecule has 79 heavy (non-hydrogen) atoms. The maximum atomic E-state index is 14.1. The zero-order chi connectivity index (χ0) is 56.2. The van der Waals surface area contributed by atoms with Gasteiger partial charge < -0.3 is 45.1 Å². The van der Waals surface area contributed by atoms with Crippen LogP contribution in [0.15, 0.2) is 123 Å². The van der Waals surface area contributed by atoms with E-state index in [4.69, 9.17) is 25.8 Å². The number of fused-ring (bicyclic) bond motifs is 1. The van der Waals surface area contributed by atoms with Crippen molar-refractivity contribution in [1.82, 2.24) is 0 Å². The number of ketones is 1. The van der Waals surface area contributed by atoms with E-state index >= 15 is 0 Å². The molecule has 0 fully saturated rings. The topological polar surface area (TPSA) is 276 Å². The molecule has 1 atom stereocenters. The third kappa shape index (κ3) is 17.9. The first-order valence-electron chi connectivity index (χ1n) is 23.8. The normalized spacial score (nSPS) is 12.0. The monoisotopic (exact) mass is 1180 g/mol. The van der Waals surface area contributed by atoms with E-state index in [1.54, 1.807) is 42.5 Å². The van der Waals surface area contributed by atoms with Crippen molar-refractivity contribution in [3.05, 3.63) is 125 Å². The number of Topliss-reactive ketones (excluding diaryl/α,β-unsaturated/α-hetero) is 1. The first kappa shape index (κ1) is 66.7. The molecule has 0 saturated carbocycles. The smallest absolute Gasteiger partial charge is 0.744 e. The van der Waals surface area contributed by atoms with Crippen LogP contribution in [0.25, 0.3) is 10.8 Å². The molecule has 19 nitrogen and oxygen atoms in total. The van der Waals surface area contributed by atoms with E-state index < -0.39 is 49.5 Å². The molecular formula is C54H56ClN5Na2O14S3. The molecule has 25 heteroatoms. The Morgan fingerprint density at radius 3 is 2.09 bits per heavy atom. The number of methoxy groups -OCH3 is 1. The molecule has 0 aliphatic rings. The third-order valence-electron chi connectivity index (χ3n) is 12.6. The standard InChI is InChI=1S/C54H58ClN5O14S3.2Na/c1-9-53(4,5)34-13-22-44(40(27-34)54(6,7)10-2)72-30-46(62)57-36-16-21-41(55)42(28-36)58-52(65)51(49(63)32-11-17-37(70-8)18-12-32)75-24-23-71-38-19-14-35(15-20-38)59-60-48-45(76-74-73-66)26-33-25-39(77(67,68)69)29-43(56-31(3)61)47(33)50(48)64;;/h11-22,25-29,51,64,66H,9-10,23-24,30H2,1-8H3,(H,56,61)(H,57,62)(H,58,65)(H,67,68,69);;/q;2*+1/p-2. The van der Waals surface area contributed by atoms with Crippen LogP contribution in [0.5, 0.6) is 23.0 Å². The number of hydrogen-bond acceptors (Lipinski definition) is 18. The van der Waals surface area contributed by atoms with Gasteiger partial charge in [-0.05, 0) is 126 Å². The van der Waals surface area contributed by atoms with E-state index in [0.717, 1.165) is 49.2 Å². The number of aromatic hydroxyl groups is 1. The minimum atomic E-state index is -5.02. The van der Waals surface area contributed by atoms with Crippen molar-refractivity contribution in [3.8, 4) is 23.0 Å². The van der Waals surface area contributed by atoms with Gasteiger partial charge in [-0.3, -0.25) is 24.2 Å². The van der Waals surface area contributed by atoms with Crippen molar-refractivity contribution in [2.45, 2.75) is 87.2 Å². The van der Waals surface area contributed by atoms with Crippen LogP contribution in [0.4, 0.5) is 28.4 Å². The van der Waals surface area contributed by atoms with Crippen LogP contribution in [-0.2, 0) is 44.7 Å². The number of hydrogen-bond donors (Lipinski definition) is 4. The molecule has 0 radical (unpaired) electrons. The number of carbonyl (C=O) groups excluding carboxylic acids is 4. The largest absolute Gasteiger partial charge is 1.00 e. The summed E-state index contributed by atoms with van der Waals surface area (Å²) in [6.07, 6.45) is 1.80. The fourth-order valence-electron chi connectivity index (χ4n) is 7.56. The van der Waals surface area contributed by atoms with Crippen molar-refractivity contribution >= 4 is 108 Å². The summed E-state index contributed by atoms with van der Waals surface area (Å²) < 4.78 is 57.5. The van der Waals surface area contributed by atoms with Crippen LogP contribution in [0, 0.1) is 0 Å². The number of rotatable bonds is 25. The van der Waals surface area contributed by atoms with E-state index in [1.165, 1.54) is 43.0 Å². The fraction of sp³-hybridized carbons (Fsp3) is 0.296. The van der Waals surface area contributed by atoms with Gasteiger partial charge in [0.1, 0.15) is 38.3 Å². The summed E-state index contributed by atoms with van der Waals surface area (Å²) in [4.78, 5) is 52.6. The van der Waals surface area contributed by atoms with Crippen LogP contribution in [0.3, 0.4) is 0 Å². The summed E-state index contributed by atoms with van der Waals surface area (Å²) in [5.41, 5.74) is 2.40. The van der Waals surface area contributed by atoms with Gasteiger partial charge in [0.25, 0.3) is 5.91 Å². The number of anilines is 3. The maximum Gasteiger partial charge on any atom is 1.00 e. The second-order valence-electron chi connectivity index (χ2n) is 18.6. The van der Waals surface area contributed by atoms with E-state index in [-0.39, 0.29) is 138 Å². The third-order valence-corrected chi connectivity index (χ3v) is 15.5. The quantitative estimate of drug-likeness (QED) is 0.00667. The molecule has 6 rings (SSSR count). The number of nitrogens with one attached hydrogen (secondary N) is 3. The number of nitrogens with zero attached hydrogens (tertiary/aromatic N) is 2. The average Bonchev–Trinajstić information content (AvgIpc) is 3.40. The van der Waals surface area contributed by atoms with Crippen molar-refractivity contribution in [3.63, 3.8) is 0 Å². The fourth-order valence-corrected chi connectivity index (χ4v) is 9.66. The number of benzene rings is 6. The van der Waals surface area contributed by atoms with Gasteiger partial charge in [-0.2, -0.15) is 9.45 Å². The molecule has 0 heterocycles. The molecule has 0 bridgehead atoms. The van der Waals surface area contributed by atoms with Crippen LogP contribution in [0.1, 0.15) is 82.8 Å². The van der Waals surface area contributed by atoms with Gasteiger partial charge in [0.15, 0.2) is 18.1 Å². The maximum absolute atomic E-state index is 14.1. The molecule has 0 aromatic heterocycles. The van der Waals surface area contributed by atoms with E-state index in [2.05, 4.69) is 83.2 Å². The molecule has 3 amide bonds. The number of azo groups is 1. The number of thioether (sulfide) groups is 1. The Kier molecular flexibility index (Phi) is 25.2. The van der Waals surface area contributed by atoms with Crippen LogP contribution in [-0.4, -0.2) is 72.9 Å². The Hall–Kier alpha value is -4.76. The first-order chi connectivity index (χ1) is 36.5. The van der Waals surface area contributed by atoms with Gasteiger partial charge in [-0.1, -0.05) is 65.3 Å². The SMILES string of the molecule is CCC(C)(C)c1ccc(OCC(=O)Nc2ccc(Cl)c(NC(=O)C(SCCOc3ccc(N=Nc4c(SOO[O-])cc5cc(S(=O)(=O)[O-])cc(NC(C)=O)c5c4O)cc3)C(=O)c3ccc(OC)cc3)c2)c(C(C)(C)CC)c1.[Na+].[Na+]. The van der Waals surface area contributed by atoms with Gasteiger partial charge in [0.05, 0.1) is 57.6 Å². The summed E-state index contributed by atoms with van der Waals surface area (Å²) >= 11 is 7.90. The second-order valence-corrected chi connectivity index (χ2v) is 22.3. The summed E-state index contributed by atoms with van der Waals surface area (Å²) in [5.74, 6) is -1.23. The number of halogens is 1. The molecule has 0 saturated heterocycles. The van der Waals surface area contributed by atoms with Gasteiger partial charge in [0.2, 0.25) is 11.8 Å². The minimum Gasteiger partial charge on any atom is -0.744 e. The molecule has 408 valence electrons. The summed E-state index contributed by atoms with van der Waals surface area (Å²) in [6, 6.07) is 26.3. The van der Waals surface area contributed by atoms with Crippen molar-refractivity contribution in [2.24, 2.45) is 10.2 Å². The van der Waals surface area contributed by atoms with Gasteiger partial charge in [-0.25, -0.2) is 8.42 Å². The Balaban J connectivity index is 0.00000672. The van der Waals surface area contributed by atoms with E-state index in [0.29, 0.717) is 35.0 Å². The number of ether oxygens (including phenoxy) is 3. The number of phenols is 1. The van der Waals surface area contributed by atoms with Gasteiger partial charge in [-0.15, -0.1) is 16.9 Å². The zero-order valence-corrected chi connectivity index (χ0v) is 52.4. The summed E-state index contributed by atoms with van der Waals surface area (Å²) in [6.45, 7) is 13.8. The van der Waals surface area contributed by atoms with Crippen LogP contribution >= 0.6 is 35.4 Å².